The van der Waals surface area contributed by atoms with Gasteiger partial charge in [-0.25, -0.2) is 9.37 Å². The molecule has 0 aliphatic rings. The Balaban J connectivity index is 1.89. The minimum atomic E-state index is -0.977. The summed E-state index contributed by atoms with van der Waals surface area (Å²) in [5.41, 5.74) is -0.136. The molecule has 0 saturated carbocycles. The molecule has 0 spiro atoms. The Morgan fingerprint density at radius 2 is 2.09 bits per heavy atom. The first-order valence-electron chi connectivity index (χ1n) is 6.63. The second-order valence-corrected chi connectivity index (χ2v) is 5.72. The van der Waals surface area contributed by atoms with Gasteiger partial charge in [0.2, 0.25) is 5.82 Å². The van der Waals surface area contributed by atoms with Gasteiger partial charge in [0.25, 0.3) is 5.56 Å². The van der Waals surface area contributed by atoms with Crippen LogP contribution in [0.3, 0.4) is 0 Å². The number of aromatic nitrogens is 3. The molecular formula is C15H11BrF2N4O. The summed E-state index contributed by atoms with van der Waals surface area (Å²) >= 11 is 3.14. The number of hydrogen-bond acceptors (Lipinski definition) is 3. The fourth-order valence-corrected chi connectivity index (χ4v) is 2.39. The van der Waals surface area contributed by atoms with Crippen LogP contribution in [0.25, 0.3) is 0 Å². The Labute approximate surface area is 138 Å². The van der Waals surface area contributed by atoms with E-state index in [1.165, 1.54) is 35.3 Å². The zero-order valence-electron chi connectivity index (χ0n) is 11.7. The fraction of sp³-hybridized carbons (Fsp3) is 0.0667. The predicted molar refractivity (Wildman–Crippen MR) is 85.7 cm³/mol. The van der Waals surface area contributed by atoms with E-state index in [4.69, 9.17) is 0 Å². The number of imidazole rings is 1. The Hall–Kier alpha value is -2.48. The van der Waals surface area contributed by atoms with Gasteiger partial charge in [0.05, 0.1) is 29.9 Å². The van der Waals surface area contributed by atoms with Crippen LogP contribution in [0.4, 0.5) is 20.2 Å². The maximum Gasteiger partial charge on any atom is 0.289 e. The van der Waals surface area contributed by atoms with Crippen LogP contribution < -0.4 is 10.9 Å². The Morgan fingerprint density at radius 3 is 2.78 bits per heavy atom. The summed E-state index contributed by atoms with van der Waals surface area (Å²) in [5.74, 6) is -1.53. The molecule has 2 N–H and O–H groups in total. The van der Waals surface area contributed by atoms with Crippen molar-refractivity contribution in [1.29, 1.82) is 0 Å². The first-order chi connectivity index (χ1) is 11.0. The number of nitrogens with zero attached hydrogens (tertiary/aromatic N) is 2. The summed E-state index contributed by atoms with van der Waals surface area (Å²) in [6, 6.07) is 5.70. The molecule has 0 bridgehead atoms. The monoisotopic (exact) mass is 380 g/mol. The second-order valence-electron chi connectivity index (χ2n) is 4.80. The number of anilines is 2. The second kappa shape index (κ2) is 6.33. The van der Waals surface area contributed by atoms with Crippen LogP contribution in [0.2, 0.25) is 0 Å². The molecule has 2 heterocycles. The maximum absolute atomic E-state index is 14.2. The molecule has 2 aromatic heterocycles. The molecule has 1 aromatic carbocycles. The van der Waals surface area contributed by atoms with Crippen molar-refractivity contribution < 1.29 is 8.78 Å². The van der Waals surface area contributed by atoms with Crippen LogP contribution in [0, 0.1) is 11.6 Å². The highest BCUT2D eigenvalue weighted by atomic mass is 79.9. The van der Waals surface area contributed by atoms with Crippen molar-refractivity contribution in [3.8, 4) is 0 Å². The summed E-state index contributed by atoms with van der Waals surface area (Å²) in [7, 11) is 0. The molecule has 0 aliphatic carbocycles. The van der Waals surface area contributed by atoms with E-state index in [1.807, 2.05) is 0 Å². The van der Waals surface area contributed by atoms with Gasteiger partial charge >= 0.3 is 0 Å². The lowest BCUT2D eigenvalue weighted by Crippen LogP contribution is -2.24. The molecular weight excluding hydrogens is 370 g/mol. The number of rotatable bonds is 4. The number of halogens is 3. The third-order valence-corrected chi connectivity index (χ3v) is 3.70. The molecule has 0 saturated heterocycles. The van der Waals surface area contributed by atoms with E-state index in [9.17, 15) is 13.6 Å². The van der Waals surface area contributed by atoms with E-state index >= 15 is 0 Å². The van der Waals surface area contributed by atoms with Gasteiger partial charge in [-0.2, -0.15) is 4.39 Å². The molecule has 0 aliphatic heterocycles. The van der Waals surface area contributed by atoms with E-state index in [2.05, 4.69) is 31.2 Å². The number of hydrogen-bond donors (Lipinski definition) is 2. The Bertz CT molecular complexity index is 893. The first-order valence-corrected chi connectivity index (χ1v) is 7.42. The average molecular weight is 381 g/mol. The molecule has 0 fully saturated rings. The van der Waals surface area contributed by atoms with Gasteiger partial charge in [0, 0.05) is 16.9 Å². The number of nitrogens with one attached hydrogen (secondary N) is 2. The molecule has 0 unspecified atom stereocenters. The van der Waals surface area contributed by atoms with Crippen LogP contribution >= 0.6 is 15.9 Å². The quantitative estimate of drug-likeness (QED) is 0.728. The lowest BCUT2D eigenvalue weighted by Gasteiger charge is -2.11. The molecule has 3 aromatic rings. The molecule has 0 atom stereocenters. The molecule has 5 nitrogen and oxygen atoms in total. The highest BCUT2D eigenvalue weighted by Gasteiger charge is 2.12. The van der Waals surface area contributed by atoms with Crippen molar-refractivity contribution in [3.05, 3.63) is 75.1 Å². The largest absolute Gasteiger partial charge is 0.351 e. The van der Waals surface area contributed by atoms with Crippen LogP contribution in [0.1, 0.15) is 5.69 Å². The zero-order valence-corrected chi connectivity index (χ0v) is 13.3. The summed E-state index contributed by atoms with van der Waals surface area (Å²) < 4.78 is 29.8. The molecule has 0 amide bonds. The highest BCUT2D eigenvalue weighted by molar-refractivity contribution is 9.10. The van der Waals surface area contributed by atoms with E-state index in [1.54, 1.807) is 12.3 Å². The van der Waals surface area contributed by atoms with E-state index in [0.717, 1.165) is 0 Å². The van der Waals surface area contributed by atoms with E-state index < -0.39 is 17.2 Å². The Morgan fingerprint density at radius 1 is 1.26 bits per heavy atom. The molecule has 3 rings (SSSR count). The van der Waals surface area contributed by atoms with Crippen molar-refractivity contribution in [2.45, 2.75) is 6.54 Å². The number of aromatic amines is 1. The lowest BCUT2D eigenvalue weighted by atomic mass is 10.2. The molecule has 8 heteroatoms. The van der Waals surface area contributed by atoms with Gasteiger partial charge in [-0.3, -0.25) is 4.79 Å². The summed E-state index contributed by atoms with van der Waals surface area (Å²) in [4.78, 5) is 18.7. The zero-order chi connectivity index (χ0) is 16.4. The predicted octanol–water partition coefficient (Wildman–Crippen LogP) is 3.40. The van der Waals surface area contributed by atoms with Gasteiger partial charge in [-0.1, -0.05) is 15.9 Å². The van der Waals surface area contributed by atoms with Gasteiger partial charge in [-0.15, -0.1) is 0 Å². The van der Waals surface area contributed by atoms with Crippen molar-refractivity contribution in [2.24, 2.45) is 0 Å². The van der Waals surface area contributed by atoms with Gasteiger partial charge in [0.15, 0.2) is 0 Å². The number of pyridine rings is 1. The van der Waals surface area contributed by atoms with Crippen LogP contribution in [0.5, 0.6) is 0 Å². The van der Waals surface area contributed by atoms with Crippen molar-refractivity contribution in [3.63, 3.8) is 0 Å². The third-order valence-electron chi connectivity index (χ3n) is 3.20. The van der Waals surface area contributed by atoms with Crippen molar-refractivity contribution >= 4 is 27.3 Å². The minimum Gasteiger partial charge on any atom is -0.351 e. The Kier molecular flexibility index (Phi) is 4.24. The highest BCUT2D eigenvalue weighted by Crippen LogP contribution is 2.23. The number of H-pyrrole nitrogens is 1. The molecule has 118 valence electrons. The summed E-state index contributed by atoms with van der Waals surface area (Å²) in [6.45, 7) is 0.169. The van der Waals surface area contributed by atoms with Gasteiger partial charge in [0.1, 0.15) is 5.82 Å². The summed E-state index contributed by atoms with van der Waals surface area (Å²) in [6.07, 6.45) is 4.46. The van der Waals surface area contributed by atoms with Gasteiger partial charge in [-0.05, 0) is 24.3 Å². The van der Waals surface area contributed by atoms with Crippen LogP contribution in [-0.4, -0.2) is 14.5 Å². The third kappa shape index (κ3) is 3.31. The van der Waals surface area contributed by atoms with Crippen LogP contribution in [-0.2, 0) is 6.54 Å². The van der Waals surface area contributed by atoms with Crippen molar-refractivity contribution in [2.75, 3.05) is 5.32 Å². The molecule has 23 heavy (non-hydrogen) atoms. The molecule has 0 radical (unpaired) electrons. The van der Waals surface area contributed by atoms with Gasteiger partial charge < -0.3 is 14.9 Å². The van der Waals surface area contributed by atoms with E-state index in [-0.39, 0.29) is 17.9 Å². The van der Waals surface area contributed by atoms with Crippen LogP contribution in [0.15, 0.2) is 52.3 Å². The lowest BCUT2D eigenvalue weighted by molar-refractivity contribution is 0.582. The summed E-state index contributed by atoms with van der Waals surface area (Å²) in [5, 5.41) is 2.59. The maximum atomic E-state index is 14.2. The van der Waals surface area contributed by atoms with Crippen molar-refractivity contribution in [1.82, 2.24) is 14.5 Å². The van der Waals surface area contributed by atoms with E-state index in [0.29, 0.717) is 10.2 Å². The smallest absolute Gasteiger partial charge is 0.289 e. The topological polar surface area (TPSA) is 62.7 Å². The normalized spacial score (nSPS) is 10.7. The fourth-order valence-electron chi connectivity index (χ4n) is 2.06. The average Bonchev–Trinajstić information content (AvgIpc) is 3.02. The first kappa shape index (κ1) is 15.4. The number of benzene rings is 1. The standard InChI is InChI=1S/C15H11BrF2N4O/c16-9-1-2-12(11(17)5-9)21-13-3-4-22(15(23)14(13)18)7-10-6-19-8-20-10/h1-6,8,21H,7H2,(H,19,20). The SMILES string of the molecule is O=c1c(F)c(Nc2ccc(Br)cc2F)ccn1Cc1cnc[nH]1. The minimum absolute atomic E-state index is 0.0813.